The molecule has 1 fully saturated rings. The molecule has 1 saturated heterocycles. The number of carbonyl (C=O) groups excluding carboxylic acids is 2. The molecule has 0 spiro atoms. The lowest BCUT2D eigenvalue weighted by atomic mass is 10.1. The Labute approximate surface area is 203 Å². The number of anilines is 2. The third-order valence-electron chi connectivity index (χ3n) is 5.30. The van der Waals surface area contributed by atoms with Crippen molar-refractivity contribution >= 4 is 51.3 Å². The summed E-state index contributed by atoms with van der Waals surface area (Å²) < 4.78 is 15.8. The minimum absolute atomic E-state index is 0.234. The fourth-order valence-corrected chi connectivity index (χ4v) is 5.10. The number of hydrogen-bond acceptors (Lipinski definition) is 8. The van der Waals surface area contributed by atoms with Crippen molar-refractivity contribution in [2.24, 2.45) is 0 Å². The maximum Gasteiger partial charge on any atom is 0.348 e. The van der Waals surface area contributed by atoms with Gasteiger partial charge in [0.15, 0.2) is 5.11 Å². The summed E-state index contributed by atoms with van der Waals surface area (Å²) in [7, 11) is 1.67. The van der Waals surface area contributed by atoms with Crippen molar-refractivity contribution in [2.75, 3.05) is 56.7 Å². The molecule has 10 heteroatoms. The molecule has 0 amide bonds. The summed E-state index contributed by atoms with van der Waals surface area (Å²) in [6, 6.07) is 7.94. The minimum Gasteiger partial charge on any atom is -0.495 e. The van der Waals surface area contributed by atoms with Crippen LogP contribution >= 0.6 is 23.6 Å². The molecular formula is C23H29N3O5S2. The lowest BCUT2D eigenvalue weighted by Crippen LogP contribution is -2.50. The third-order valence-corrected chi connectivity index (χ3v) is 6.85. The zero-order chi connectivity index (χ0) is 24.0. The average Bonchev–Trinajstić information content (AvgIpc) is 3.15. The van der Waals surface area contributed by atoms with Crippen molar-refractivity contribution in [1.82, 2.24) is 4.90 Å². The highest BCUT2D eigenvalue weighted by molar-refractivity contribution is 7.80. The Hall–Kier alpha value is -2.85. The van der Waals surface area contributed by atoms with Crippen LogP contribution in [-0.4, -0.2) is 68.5 Å². The van der Waals surface area contributed by atoms with Crippen LogP contribution in [0.5, 0.6) is 5.75 Å². The number of thiophene rings is 1. The van der Waals surface area contributed by atoms with Gasteiger partial charge in [-0.25, -0.2) is 9.59 Å². The first-order valence-corrected chi connectivity index (χ1v) is 12.0. The molecule has 1 aliphatic rings. The molecule has 3 rings (SSSR count). The zero-order valence-corrected chi connectivity index (χ0v) is 20.9. The predicted molar refractivity (Wildman–Crippen MR) is 134 cm³/mol. The zero-order valence-electron chi connectivity index (χ0n) is 19.3. The average molecular weight is 492 g/mol. The van der Waals surface area contributed by atoms with E-state index in [0.717, 1.165) is 35.9 Å². The molecule has 178 valence electrons. The van der Waals surface area contributed by atoms with Crippen molar-refractivity contribution in [3.8, 4) is 5.75 Å². The number of benzene rings is 1. The van der Waals surface area contributed by atoms with E-state index in [2.05, 4.69) is 15.1 Å². The summed E-state index contributed by atoms with van der Waals surface area (Å²) in [5.74, 6) is -0.116. The van der Waals surface area contributed by atoms with E-state index >= 15 is 0 Å². The summed E-state index contributed by atoms with van der Waals surface area (Å²) in [5.41, 5.74) is 1.90. The highest BCUT2D eigenvalue weighted by atomic mass is 32.1. The summed E-state index contributed by atoms with van der Waals surface area (Å²) >= 11 is 6.81. The Bertz CT molecular complexity index is 1020. The smallest absolute Gasteiger partial charge is 0.348 e. The van der Waals surface area contributed by atoms with Gasteiger partial charge < -0.3 is 29.3 Å². The van der Waals surface area contributed by atoms with E-state index in [1.807, 2.05) is 24.3 Å². The van der Waals surface area contributed by atoms with Gasteiger partial charge in [0, 0.05) is 26.2 Å². The van der Waals surface area contributed by atoms with Crippen LogP contribution in [-0.2, 0) is 9.47 Å². The number of nitrogens with one attached hydrogen (secondary N) is 1. The number of methoxy groups -OCH3 is 1. The van der Waals surface area contributed by atoms with Gasteiger partial charge in [-0.2, -0.15) is 0 Å². The van der Waals surface area contributed by atoms with E-state index in [4.69, 9.17) is 26.4 Å². The van der Waals surface area contributed by atoms with E-state index in [-0.39, 0.29) is 13.2 Å². The number of nitrogens with zero attached hydrogens (tertiary/aromatic N) is 2. The van der Waals surface area contributed by atoms with Crippen LogP contribution in [0.4, 0.5) is 10.7 Å². The fourth-order valence-electron chi connectivity index (χ4n) is 3.66. The largest absolute Gasteiger partial charge is 0.495 e. The standard InChI is InChI=1S/C23H29N3O5S2/c1-5-30-21(27)18-15(3)19(22(28)31-6-2)33-20(18)24-23(32)26-13-11-25(12-14-26)16-9-7-8-10-17(16)29-4/h7-10H,5-6,11-14H2,1-4H3,(H,24,32). The van der Waals surface area contributed by atoms with E-state index in [9.17, 15) is 9.59 Å². The molecule has 1 N–H and O–H groups in total. The molecular weight excluding hydrogens is 462 g/mol. The predicted octanol–water partition coefficient (Wildman–Crippen LogP) is 3.94. The van der Waals surface area contributed by atoms with E-state index < -0.39 is 11.9 Å². The van der Waals surface area contributed by atoms with Gasteiger partial charge >= 0.3 is 11.9 Å². The molecule has 0 saturated carbocycles. The maximum absolute atomic E-state index is 12.6. The number of hydrogen-bond donors (Lipinski definition) is 1. The van der Waals surface area contributed by atoms with Gasteiger partial charge in [0.2, 0.25) is 0 Å². The van der Waals surface area contributed by atoms with Crippen LogP contribution in [0.25, 0.3) is 0 Å². The van der Waals surface area contributed by atoms with Gasteiger partial charge in [-0.1, -0.05) is 12.1 Å². The number of esters is 2. The van der Waals surface area contributed by atoms with Crippen molar-refractivity contribution < 1.29 is 23.8 Å². The second-order valence-electron chi connectivity index (χ2n) is 7.28. The third kappa shape index (κ3) is 5.56. The van der Waals surface area contributed by atoms with Gasteiger partial charge in [-0.05, 0) is 50.7 Å². The van der Waals surface area contributed by atoms with Crippen LogP contribution < -0.4 is 15.0 Å². The number of thiocarbonyl (C=S) groups is 1. The Balaban J connectivity index is 1.74. The Morgan fingerprint density at radius 3 is 2.33 bits per heavy atom. The lowest BCUT2D eigenvalue weighted by molar-refractivity contribution is 0.0527. The maximum atomic E-state index is 12.6. The van der Waals surface area contributed by atoms with Crippen LogP contribution in [0.3, 0.4) is 0 Å². The normalized spacial score (nSPS) is 13.5. The van der Waals surface area contributed by atoms with Crippen molar-refractivity contribution in [3.05, 3.63) is 40.3 Å². The van der Waals surface area contributed by atoms with Gasteiger partial charge in [-0.15, -0.1) is 11.3 Å². The monoisotopic (exact) mass is 491 g/mol. The highest BCUT2D eigenvalue weighted by Gasteiger charge is 2.28. The molecule has 33 heavy (non-hydrogen) atoms. The van der Waals surface area contributed by atoms with E-state index in [1.165, 1.54) is 0 Å². The van der Waals surface area contributed by atoms with Crippen molar-refractivity contribution in [2.45, 2.75) is 20.8 Å². The molecule has 0 unspecified atom stereocenters. The molecule has 0 aliphatic carbocycles. The number of ether oxygens (including phenoxy) is 3. The fraction of sp³-hybridized carbons (Fsp3) is 0.435. The molecule has 1 aliphatic heterocycles. The molecule has 2 aromatic rings. The molecule has 1 aromatic carbocycles. The van der Waals surface area contributed by atoms with Gasteiger partial charge in [0.1, 0.15) is 15.6 Å². The molecule has 0 bridgehead atoms. The van der Waals surface area contributed by atoms with Gasteiger partial charge in [0.25, 0.3) is 0 Å². The Kier molecular flexibility index (Phi) is 8.51. The molecule has 2 heterocycles. The van der Waals surface area contributed by atoms with Crippen LogP contribution in [0.15, 0.2) is 24.3 Å². The van der Waals surface area contributed by atoms with Crippen LogP contribution in [0, 0.1) is 6.92 Å². The SMILES string of the molecule is CCOC(=O)c1sc(NC(=S)N2CCN(c3ccccc3OC)CC2)c(C(=O)OCC)c1C. The first kappa shape index (κ1) is 24.8. The van der Waals surface area contributed by atoms with Gasteiger partial charge in [0.05, 0.1) is 31.6 Å². The molecule has 8 nitrogen and oxygen atoms in total. The summed E-state index contributed by atoms with van der Waals surface area (Å²) in [4.78, 5) is 29.7. The van der Waals surface area contributed by atoms with Crippen LogP contribution in [0.2, 0.25) is 0 Å². The lowest BCUT2D eigenvalue weighted by Gasteiger charge is -2.37. The number of carbonyl (C=O) groups is 2. The summed E-state index contributed by atoms with van der Waals surface area (Å²) in [6.07, 6.45) is 0. The summed E-state index contributed by atoms with van der Waals surface area (Å²) in [5, 5.41) is 4.17. The quantitative estimate of drug-likeness (QED) is 0.458. The van der Waals surface area contributed by atoms with Crippen molar-refractivity contribution in [1.29, 1.82) is 0 Å². The Morgan fingerprint density at radius 1 is 1.06 bits per heavy atom. The molecule has 0 atom stereocenters. The second-order valence-corrected chi connectivity index (χ2v) is 8.68. The summed E-state index contributed by atoms with van der Waals surface area (Å²) in [6.45, 7) is 8.63. The minimum atomic E-state index is -0.493. The first-order chi connectivity index (χ1) is 15.9. The highest BCUT2D eigenvalue weighted by Crippen LogP contribution is 2.35. The second kappa shape index (κ2) is 11.3. The Morgan fingerprint density at radius 2 is 1.70 bits per heavy atom. The number of rotatable bonds is 7. The molecule has 1 aromatic heterocycles. The van der Waals surface area contributed by atoms with Gasteiger partial charge in [-0.3, -0.25) is 0 Å². The first-order valence-electron chi connectivity index (χ1n) is 10.8. The van der Waals surface area contributed by atoms with Crippen LogP contribution in [0.1, 0.15) is 39.4 Å². The van der Waals surface area contributed by atoms with E-state index in [1.54, 1.807) is 27.9 Å². The number of piperazine rings is 1. The van der Waals surface area contributed by atoms with Crippen molar-refractivity contribution in [3.63, 3.8) is 0 Å². The van der Waals surface area contributed by atoms with E-state index in [0.29, 0.717) is 39.2 Å². The topological polar surface area (TPSA) is 80.3 Å². The number of para-hydroxylation sites is 2. The molecule has 0 radical (unpaired) electrons.